The number of benzene rings is 2. The fourth-order valence-corrected chi connectivity index (χ4v) is 6.26. The van der Waals surface area contributed by atoms with Crippen molar-refractivity contribution in [2.45, 2.75) is 62.2 Å². The molecule has 2 aliphatic carbocycles. The molecule has 17 heteroatoms. The number of carbonyl (C=O) groups excluding carboxylic acids is 2. The van der Waals surface area contributed by atoms with Crippen molar-refractivity contribution in [3.63, 3.8) is 0 Å². The van der Waals surface area contributed by atoms with Crippen LogP contribution in [0.4, 0.5) is 30.7 Å². The van der Waals surface area contributed by atoms with Gasteiger partial charge in [0.2, 0.25) is 11.8 Å². The van der Waals surface area contributed by atoms with E-state index in [1.54, 1.807) is 0 Å². The number of nitrogens with zero attached hydrogens (tertiary/aromatic N) is 3. The van der Waals surface area contributed by atoms with Gasteiger partial charge in [-0.3, -0.25) is 9.59 Å². The molecule has 0 saturated heterocycles. The van der Waals surface area contributed by atoms with Gasteiger partial charge < -0.3 is 25.6 Å². The van der Waals surface area contributed by atoms with Gasteiger partial charge in [0, 0.05) is 53.1 Å². The summed E-state index contributed by atoms with van der Waals surface area (Å²) in [6.45, 7) is -2.74. The molecule has 3 aliphatic rings. The maximum absolute atomic E-state index is 15.1. The molecule has 0 radical (unpaired) electrons. The third kappa shape index (κ3) is 5.66. The third-order valence-electron chi connectivity index (χ3n) is 9.48. The summed E-state index contributed by atoms with van der Waals surface area (Å²) >= 11 is 0. The van der Waals surface area contributed by atoms with Crippen LogP contribution in [0.2, 0.25) is 0 Å². The Bertz CT molecular complexity index is 2060. The summed E-state index contributed by atoms with van der Waals surface area (Å²) < 4.78 is 111. The molecule has 10 nitrogen and oxygen atoms in total. The Morgan fingerprint density at radius 2 is 1.82 bits per heavy atom. The molecule has 1 aliphatic heterocycles. The predicted octanol–water partition coefficient (Wildman–Crippen LogP) is 5.25. The van der Waals surface area contributed by atoms with Crippen LogP contribution >= 0.6 is 0 Å². The third-order valence-corrected chi connectivity index (χ3v) is 9.48. The number of ether oxygens (including phenoxy) is 2. The number of primary amides is 1. The Kier molecular flexibility index (Phi) is 7.76. The summed E-state index contributed by atoms with van der Waals surface area (Å²) in [5.74, 6) is -10.6. The zero-order valence-electron chi connectivity index (χ0n) is 26.1. The van der Waals surface area contributed by atoms with E-state index < -0.39 is 95.0 Å². The molecule has 50 heavy (non-hydrogen) atoms. The average Bonchev–Trinajstić information content (AvgIpc) is 3.63. The molecule has 2 atom stereocenters. The fourth-order valence-electron chi connectivity index (χ4n) is 6.26. The summed E-state index contributed by atoms with van der Waals surface area (Å²) in [6, 6.07) is 4.47. The predicted molar refractivity (Wildman–Crippen MR) is 160 cm³/mol. The molecule has 7 rings (SSSR count). The number of fused-ring (bicyclic) bond motifs is 2. The van der Waals surface area contributed by atoms with Crippen molar-refractivity contribution in [3.8, 4) is 22.8 Å². The zero-order chi connectivity index (χ0) is 35.9. The second kappa shape index (κ2) is 11.6. The molecular weight excluding hydrogens is 679 g/mol. The molecule has 0 unspecified atom stereocenters. The van der Waals surface area contributed by atoms with Crippen molar-refractivity contribution in [2.24, 2.45) is 11.7 Å². The highest BCUT2D eigenvalue weighted by Crippen LogP contribution is 2.53. The zero-order valence-corrected chi connectivity index (χ0v) is 26.1. The number of halogens is 7. The van der Waals surface area contributed by atoms with Gasteiger partial charge in [-0.25, -0.2) is 31.6 Å². The van der Waals surface area contributed by atoms with Gasteiger partial charge in [-0.1, -0.05) is 0 Å². The van der Waals surface area contributed by atoms with Gasteiger partial charge in [0.1, 0.15) is 46.1 Å². The van der Waals surface area contributed by atoms with Gasteiger partial charge in [-0.2, -0.15) is 13.9 Å². The van der Waals surface area contributed by atoms with E-state index in [-0.39, 0.29) is 52.3 Å². The molecule has 0 bridgehead atoms. The Labute approximate surface area is 278 Å². The van der Waals surface area contributed by atoms with Crippen molar-refractivity contribution in [2.75, 3.05) is 13.2 Å². The van der Waals surface area contributed by atoms with Crippen LogP contribution in [0.3, 0.4) is 0 Å². The Morgan fingerprint density at radius 3 is 2.46 bits per heavy atom. The van der Waals surface area contributed by atoms with Crippen molar-refractivity contribution >= 4 is 22.7 Å². The van der Waals surface area contributed by atoms with Gasteiger partial charge >= 0.3 is 6.55 Å². The van der Waals surface area contributed by atoms with E-state index in [1.807, 2.05) is 0 Å². The molecule has 3 heterocycles. The van der Waals surface area contributed by atoms with E-state index in [1.165, 1.54) is 25.1 Å². The molecule has 4 aromatic rings. The van der Waals surface area contributed by atoms with E-state index >= 15 is 4.39 Å². The number of amides is 2. The molecule has 2 saturated carbocycles. The minimum atomic E-state index is -3.19. The van der Waals surface area contributed by atoms with Crippen LogP contribution in [-0.2, 0) is 15.8 Å². The number of hydrogen-bond donors (Lipinski definition) is 3. The standard InChI is InChI=1S/C33H28F7N5O5/c1-31(29(41)47)13-49-27-19(31)7-24(43-26(27)18-6-21(35)22(36)8-20(18)34)33(48,16-9-32(39,40)10-16)12-42-28(46)14-4-15-11-45(30(37)38)44-25(15)23(5-14)50-17-2-3-17/h4-8,11,16-17,30,48H,2-3,9-10,12-13H2,1H3,(H2,41,47)(H,42,46)/t31-,33+/m0/s1. The number of nitrogens with two attached hydrogens (primary N) is 1. The first kappa shape index (κ1) is 33.6. The van der Waals surface area contributed by atoms with Crippen LogP contribution in [0.5, 0.6) is 11.5 Å². The lowest BCUT2D eigenvalue weighted by Crippen LogP contribution is -2.54. The highest BCUT2D eigenvalue weighted by atomic mass is 19.3. The highest BCUT2D eigenvalue weighted by Gasteiger charge is 2.57. The van der Waals surface area contributed by atoms with Crippen LogP contribution in [-0.4, -0.2) is 56.9 Å². The van der Waals surface area contributed by atoms with Gasteiger partial charge in [0.25, 0.3) is 5.91 Å². The van der Waals surface area contributed by atoms with E-state index in [0.29, 0.717) is 23.6 Å². The minimum absolute atomic E-state index is 0.0340. The minimum Gasteiger partial charge on any atom is -0.489 e. The lowest BCUT2D eigenvalue weighted by Gasteiger charge is -2.45. The molecule has 2 fully saturated rings. The fraction of sp³-hybridized carbons (Fsp3) is 0.394. The smallest absolute Gasteiger partial charge is 0.333 e. The van der Waals surface area contributed by atoms with E-state index in [4.69, 9.17) is 15.2 Å². The number of aliphatic hydroxyl groups is 1. The summed E-state index contributed by atoms with van der Waals surface area (Å²) in [4.78, 5) is 30.5. The molecule has 2 amide bonds. The van der Waals surface area contributed by atoms with E-state index in [0.717, 1.165) is 6.20 Å². The Morgan fingerprint density at radius 1 is 1.12 bits per heavy atom. The summed E-state index contributed by atoms with van der Waals surface area (Å²) in [5.41, 5.74) is 0.0802. The summed E-state index contributed by atoms with van der Waals surface area (Å²) in [5, 5.41) is 18.7. The van der Waals surface area contributed by atoms with Crippen LogP contribution in [0.25, 0.3) is 22.2 Å². The second-order valence-electron chi connectivity index (χ2n) is 13.1. The second-order valence-corrected chi connectivity index (χ2v) is 13.1. The highest BCUT2D eigenvalue weighted by molar-refractivity contribution is 6.00. The maximum Gasteiger partial charge on any atom is 0.333 e. The van der Waals surface area contributed by atoms with E-state index in [2.05, 4.69) is 15.4 Å². The lowest BCUT2D eigenvalue weighted by molar-refractivity contribution is -0.179. The van der Waals surface area contributed by atoms with Crippen LogP contribution in [0.15, 0.2) is 36.5 Å². The van der Waals surface area contributed by atoms with Gasteiger partial charge in [-0.15, -0.1) is 0 Å². The first-order valence-corrected chi connectivity index (χ1v) is 15.5. The average molecular weight is 708 g/mol. The van der Waals surface area contributed by atoms with Gasteiger partial charge in [0.05, 0.1) is 18.3 Å². The number of aromatic nitrogens is 3. The van der Waals surface area contributed by atoms with Crippen molar-refractivity contribution < 1.29 is 54.9 Å². The SMILES string of the molecule is C[C@]1(C(N)=O)COc2c1cc([C@@](O)(CNC(=O)c1cc(OC3CC3)c3nn(C(F)F)cc3c1)C1CC(F)(F)C1)nc2-c1cc(F)c(F)cc1F. The maximum atomic E-state index is 15.1. The molecule has 4 N–H and O–H groups in total. The Hall–Kier alpha value is -4.93. The topological polar surface area (TPSA) is 142 Å². The van der Waals surface area contributed by atoms with Crippen LogP contribution in [0, 0.1) is 23.4 Å². The summed E-state index contributed by atoms with van der Waals surface area (Å²) in [6.07, 6.45) is 0.527. The molecule has 2 aromatic heterocycles. The van der Waals surface area contributed by atoms with Gasteiger partial charge in [0.15, 0.2) is 11.6 Å². The van der Waals surface area contributed by atoms with Crippen LogP contribution < -0.4 is 20.5 Å². The van der Waals surface area contributed by atoms with Gasteiger partial charge in [-0.05, 0) is 44.0 Å². The normalized spacial score (nSPS) is 21.0. The lowest BCUT2D eigenvalue weighted by atomic mass is 9.68. The summed E-state index contributed by atoms with van der Waals surface area (Å²) in [7, 11) is 0. The number of hydrogen-bond acceptors (Lipinski definition) is 7. The number of rotatable bonds is 10. The van der Waals surface area contributed by atoms with Crippen molar-refractivity contribution in [1.82, 2.24) is 20.1 Å². The molecule has 264 valence electrons. The number of carbonyl (C=O) groups is 2. The Balaban J connectivity index is 1.30. The van der Waals surface area contributed by atoms with Crippen molar-refractivity contribution in [1.29, 1.82) is 0 Å². The largest absolute Gasteiger partial charge is 0.489 e. The van der Waals surface area contributed by atoms with E-state index in [9.17, 15) is 41.0 Å². The quantitative estimate of drug-likeness (QED) is 0.151. The molecular formula is C33H28F7N5O5. The molecule has 2 aromatic carbocycles. The number of nitrogens with one attached hydrogen (secondary N) is 1. The van der Waals surface area contributed by atoms with Crippen molar-refractivity contribution in [3.05, 3.63) is 70.8 Å². The first-order valence-electron chi connectivity index (χ1n) is 15.5. The number of alkyl halides is 4. The van der Waals surface area contributed by atoms with Crippen LogP contribution in [0.1, 0.15) is 60.8 Å². The molecule has 0 spiro atoms. The monoisotopic (exact) mass is 707 g/mol. The first-order chi connectivity index (χ1) is 23.5. The number of pyridine rings is 1.